The molecule has 30 heavy (non-hydrogen) atoms. The molecule has 0 spiro atoms. The van der Waals surface area contributed by atoms with Crippen LogP contribution in [0.15, 0.2) is 72.1 Å². The molecule has 0 aliphatic carbocycles. The van der Waals surface area contributed by atoms with Gasteiger partial charge in [-0.25, -0.2) is 9.59 Å². The number of carbonyl (C=O) groups excluding carboxylic acids is 2. The van der Waals surface area contributed by atoms with E-state index in [1.165, 1.54) is 0 Å². The lowest BCUT2D eigenvalue weighted by atomic mass is 9.83. The summed E-state index contributed by atoms with van der Waals surface area (Å²) in [5.74, 6) is -1.59. The number of hydrogen-bond donors (Lipinski definition) is 0. The molecule has 0 amide bonds. The van der Waals surface area contributed by atoms with Gasteiger partial charge in [0.1, 0.15) is 0 Å². The number of benzene rings is 2. The molecule has 2 aromatic carbocycles. The van der Waals surface area contributed by atoms with Gasteiger partial charge in [-0.3, -0.25) is 0 Å². The molecule has 2 aromatic rings. The van der Waals surface area contributed by atoms with Gasteiger partial charge in [0, 0.05) is 23.1 Å². The summed E-state index contributed by atoms with van der Waals surface area (Å²) in [5, 5.41) is 0.569. The first kappa shape index (κ1) is 21.7. The quantitative estimate of drug-likeness (QED) is 0.599. The van der Waals surface area contributed by atoms with Gasteiger partial charge in [-0.2, -0.15) is 0 Å². The second-order valence-corrected chi connectivity index (χ2v) is 7.27. The number of ether oxygens (including phenoxy) is 2. The second-order valence-electron chi connectivity index (χ2n) is 6.84. The van der Waals surface area contributed by atoms with Crippen molar-refractivity contribution in [1.82, 2.24) is 0 Å². The predicted octanol–water partition coefficient (Wildman–Crippen LogP) is 5.15. The van der Waals surface area contributed by atoms with E-state index in [-0.39, 0.29) is 13.2 Å². The van der Waals surface area contributed by atoms with E-state index in [4.69, 9.17) is 21.1 Å². The van der Waals surface area contributed by atoms with Crippen molar-refractivity contribution in [2.45, 2.75) is 26.7 Å². The van der Waals surface area contributed by atoms with E-state index < -0.39 is 17.9 Å². The maximum absolute atomic E-state index is 12.9. The second kappa shape index (κ2) is 9.63. The van der Waals surface area contributed by atoms with Gasteiger partial charge in [0.15, 0.2) is 0 Å². The number of halogens is 1. The Bertz CT molecular complexity index is 941. The summed E-state index contributed by atoms with van der Waals surface area (Å²) in [7, 11) is 0. The molecule has 6 heteroatoms. The Kier molecular flexibility index (Phi) is 6.95. The average molecular weight is 426 g/mol. The number of aryl methyl sites for hydroxylation is 1. The van der Waals surface area contributed by atoms with Crippen molar-refractivity contribution in [2.24, 2.45) is 0 Å². The van der Waals surface area contributed by atoms with Gasteiger partial charge in [-0.1, -0.05) is 41.4 Å². The zero-order valence-corrected chi connectivity index (χ0v) is 18.0. The Hall–Kier alpha value is -3.05. The number of carbonyl (C=O) groups is 2. The van der Waals surface area contributed by atoms with Crippen molar-refractivity contribution < 1.29 is 19.1 Å². The SMILES string of the molecule is CCOC(=O)C1=CN(c2ccc(C)cc2)C=C(C(=O)OCC)C1c1ccc(Cl)cc1. The standard InChI is InChI=1S/C24H24ClNO4/c1-4-29-23(27)20-14-26(19-12-6-16(3)7-13-19)15-21(24(28)30-5-2)22(20)17-8-10-18(25)11-9-17/h6-15,22H,4-5H2,1-3H3. The van der Waals surface area contributed by atoms with Gasteiger partial charge in [0.25, 0.3) is 0 Å². The summed E-state index contributed by atoms with van der Waals surface area (Å²) < 4.78 is 10.6. The molecule has 0 fully saturated rings. The van der Waals surface area contributed by atoms with Crippen molar-refractivity contribution >= 4 is 29.2 Å². The topological polar surface area (TPSA) is 55.8 Å². The average Bonchev–Trinajstić information content (AvgIpc) is 2.74. The maximum Gasteiger partial charge on any atom is 0.336 e. The largest absolute Gasteiger partial charge is 0.463 e. The Morgan fingerprint density at radius 3 is 1.83 bits per heavy atom. The fraction of sp³-hybridized carbons (Fsp3) is 0.250. The minimum absolute atomic E-state index is 0.229. The molecule has 1 aliphatic rings. The molecule has 0 radical (unpaired) electrons. The fourth-order valence-electron chi connectivity index (χ4n) is 3.30. The highest BCUT2D eigenvalue weighted by molar-refractivity contribution is 6.30. The summed E-state index contributed by atoms with van der Waals surface area (Å²) >= 11 is 6.04. The van der Waals surface area contributed by atoms with Crippen LogP contribution in [0, 0.1) is 6.92 Å². The predicted molar refractivity (Wildman–Crippen MR) is 117 cm³/mol. The Balaban J connectivity index is 2.15. The molecule has 0 saturated heterocycles. The molecule has 0 aromatic heterocycles. The molecular weight excluding hydrogens is 402 g/mol. The van der Waals surface area contributed by atoms with E-state index in [0.29, 0.717) is 16.2 Å². The summed E-state index contributed by atoms with van der Waals surface area (Å²) in [5.41, 5.74) is 3.38. The van der Waals surface area contributed by atoms with Crippen LogP contribution in [0.4, 0.5) is 5.69 Å². The summed E-state index contributed by atoms with van der Waals surface area (Å²) in [6.07, 6.45) is 3.43. The minimum Gasteiger partial charge on any atom is -0.463 e. The van der Waals surface area contributed by atoms with Crippen LogP contribution < -0.4 is 4.90 Å². The number of rotatable bonds is 6. The van der Waals surface area contributed by atoms with Crippen molar-refractivity contribution in [1.29, 1.82) is 0 Å². The van der Waals surface area contributed by atoms with Crippen LogP contribution in [0.2, 0.25) is 5.02 Å². The molecule has 156 valence electrons. The van der Waals surface area contributed by atoms with E-state index in [2.05, 4.69) is 0 Å². The van der Waals surface area contributed by atoms with Crippen molar-refractivity contribution in [2.75, 3.05) is 18.1 Å². The van der Waals surface area contributed by atoms with E-state index >= 15 is 0 Å². The molecule has 0 saturated carbocycles. The Morgan fingerprint density at radius 2 is 1.37 bits per heavy atom. The van der Waals surface area contributed by atoms with Crippen LogP contribution in [0.25, 0.3) is 0 Å². The van der Waals surface area contributed by atoms with Gasteiger partial charge in [-0.15, -0.1) is 0 Å². The minimum atomic E-state index is -0.623. The van der Waals surface area contributed by atoms with Gasteiger partial charge in [-0.05, 0) is 50.6 Å². The summed E-state index contributed by atoms with van der Waals surface area (Å²) in [4.78, 5) is 27.5. The molecule has 0 N–H and O–H groups in total. The molecule has 0 unspecified atom stereocenters. The third-order valence-corrected chi connectivity index (χ3v) is 4.99. The highest BCUT2D eigenvalue weighted by Crippen LogP contribution is 2.38. The van der Waals surface area contributed by atoms with E-state index in [0.717, 1.165) is 16.8 Å². The van der Waals surface area contributed by atoms with Gasteiger partial charge in [0.05, 0.1) is 30.3 Å². The lowest BCUT2D eigenvalue weighted by molar-refractivity contribution is -0.139. The molecule has 5 nitrogen and oxygen atoms in total. The van der Waals surface area contributed by atoms with Crippen molar-refractivity contribution in [3.63, 3.8) is 0 Å². The van der Waals surface area contributed by atoms with Crippen LogP contribution >= 0.6 is 11.6 Å². The lowest BCUT2D eigenvalue weighted by Crippen LogP contribution is -2.29. The molecule has 0 bridgehead atoms. The van der Waals surface area contributed by atoms with Gasteiger partial charge < -0.3 is 14.4 Å². The smallest absolute Gasteiger partial charge is 0.336 e. The molecule has 1 heterocycles. The van der Waals surface area contributed by atoms with Gasteiger partial charge >= 0.3 is 11.9 Å². The molecule has 1 aliphatic heterocycles. The number of hydrogen-bond acceptors (Lipinski definition) is 5. The normalized spacial score (nSPS) is 14.1. The number of esters is 2. The lowest BCUT2D eigenvalue weighted by Gasteiger charge is -2.30. The monoisotopic (exact) mass is 425 g/mol. The highest BCUT2D eigenvalue weighted by atomic mass is 35.5. The van der Waals surface area contributed by atoms with Crippen molar-refractivity contribution in [3.8, 4) is 0 Å². The van der Waals surface area contributed by atoms with E-state index in [9.17, 15) is 9.59 Å². The Morgan fingerprint density at radius 1 is 0.867 bits per heavy atom. The van der Waals surface area contributed by atoms with Crippen LogP contribution in [0.1, 0.15) is 30.9 Å². The summed E-state index contributed by atoms with van der Waals surface area (Å²) in [6.45, 7) is 5.95. The highest BCUT2D eigenvalue weighted by Gasteiger charge is 2.35. The van der Waals surface area contributed by atoms with Gasteiger partial charge in [0.2, 0.25) is 0 Å². The molecular formula is C24H24ClNO4. The Labute approximate surface area is 181 Å². The zero-order chi connectivity index (χ0) is 21.7. The van der Waals surface area contributed by atoms with Crippen LogP contribution in [0.5, 0.6) is 0 Å². The number of nitrogens with zero attached hydrogens (tertiary/aromatic N) is 1. The third kappa shape index (κ3) is 4.74. The van der Waals surface area contributed by atoms with E-state index in [1.807, 2.05) is 31.2 Å². The summed E-state index contributed by atoms with van der Waals surface area (Å²) in [6, 6.07) is 14.9. The zero-order valence-electron chi connectivity index (χ0n) is 17.2. The van der Waals surface area contributed by atoms with Crippen molar-refractivity contribution in [3.05, 3.63) is 88.2 Å². The third-order valence-electron chi connectivity index (χ3n) is 4.74. The van der Waals surface area contributed by atoms with Crippen LogP contribution in [-0.4, -0.2) is 25.2 Å². The van der Waals surface area contributed by atoms with Crippen LogP contribution in [-0.2, 0) is 19.1 Å². The first-order valence-corrected chi connectivity index (χ1v) is 10.2. The van der Waals surface area contributed by atoms with Crippen LogP contribution in [0.3, 0.4) is 0 Å². The van der Waals surface area contributed by atoms with E-state index in [1.54, 1.807) is 55.4 Å². The first-order valence-electron chi connectivity index (χ1n) is 9.82. The molecule has 3 rings (SSSR count). The molecule has 0 atom stereocenters. The first-order chi connectivity index (χ1) is 14.4. The number of anilines is 1. The maximum atomic E-state index is 12.9. The fourth-order valence-corrected chi connectivity index (χ4v) is 3.43.